The van der Waals surface area contributed by atoms with Crippen LogP contribution in [0.4, 0.5) is 0 Å². The van der Waals surface area contributed by atoms with Crippen LogP contribution in [0.5, 0.6) is 0 Å². The normalized spacial score (nSPS) is 13.1. The summed E-state index contributed by atoms with van der Waals surface area (Å²) in [6.07, 6.45) is 1.98. The Morgan fingerprint density at radius 3 is 2.32 bits per heavy atom. The Hall–Kier alpha value is -1.72. The van der Waals surface area contributed by atoms with Gasteiger partial charge in [-0.15, -0.1) is 0 Å². The third kappa shape index (κ3) is 3.19. The van der Waals surface area contributed by atoms with Crippen LogP contribution in [0.25, 0.3) is 0 Å². The fraction of sp³-hybridized carbons (Fsp3) is 0.214. The molecule has 100 valence electrons. The monoisotopic (exact) mass is 276 g/mol. The molecular weight excluding hydrogens is 260 g/mol. The van der Waals surface area contributed by atoms with Gasteiger partial charge in [-0.2, -0.15) is 0 Å². The van der Waals surface area contributed by atoms with Crippen LogP contribution in [0.3, 0.4) is 0 Å². The molecule has 1 atom stereocenters. The molecule has 1 aromatic carbocycles. The van der Waals surface area contributed by atoms with E-state index in [1.54, 1.807) is 42.6 Å². The Kier molecular flexibility index (Phi) is 4.29. The molecule has 2 N–H and O–H groups in total. The lowest BCUT2D eigenvalue weighted by atomic mass is 10.2. The zero-order chi connectivity index (χ0) is 13.7. The molecule has 5 heteroatoms. The minimum absolute atomic E-state index is 0.0772. The minimum atomic E-state index is -3.41. The summed E-state index contributed by atoms with van der Waals surface area (Å²) in [7, 11) is -3.41. The summed E-state index contributed by atoms with van der Waals surface area (Å²) in [6, 6.07) is 13.8. The first-order valence-corrected chi connectivity index (χ1v) is 7.58. The largest absolute Gasteiger partial charge is 0.329 e. The van der Waals surface area contributed by atoms with Crippen molar-refractivity contribution in [3.05, 3.63) is 60.4 Å². The van der Waals surface area contributed by atoms with Gasteiger partial charge in [0.05, 0.1) is 10.1 Å². The van der Waals surface area contributed by atoms with Crippen molar-refractivity contribution in [2.75, 3.05) is 6.54 Å². The maximum atomic E-state index is 12.5. The zero-order valence-corrected chi connectivity index (χ0v) is 11.3. The lowest BCUT2D eigenvalue weighted by molar-refractivity contribution is 0.577. The van der Waals surface area contributed by atoms with E-state index in [1.165, 1.54) is 0 Å². The van der Waals surface area contributed by atoms with Crippen LogP contribution in [-0.4, -0.2) is 25.2 Å². The van der Waals surface area contributed by atoms with Gasteiger partial charge < -0.3 is 5.73 Å². The molecule has 2 rings (SSSR count). The highest BCUT2D eigenvalue weighted by atomic mass is 32.2. The van der Waals surface area contributed by atoms with Crippen LogP contribution in [0.15, 0.2) is 59.6 Å². The number of hydrogen-bond donors (Lipinski definition) is 1. The first kappa shape index (κ1) is 13.7. The summed E-state index contributed by atoms with van der Waals surface area (Å²) in [5.74, 6) is 0. The van der Waals surface area contributed by atoms with Gasteiger partial charge in [0.1, 0.15) is 0 Å². The average molecular weight is 276 g/mol. The van der Waals surface area contributed by atoms with E-state index in [9.17, 15) is 8.42 Å². The second-order valence-corrected chi connectivity index (χ2v) is 6.47. The van der Waals surface area contributed by atoms with Crippen molar-refractivity contribution < 1.29 is 8.42 Å². The first-order chi connectivity index (χ1) is 9.14. The van der Waals surface area contributed by atoms with Gasteiger partial charge >= 0.3 is 0 Å². The van der Waals surface area contributed by atoms with E-state index < -0.39 is 15.1 Å². The van der Waals surface area contributed by atoms with Gasteiger partial charge in [0.15, 0.2) is 9.84 Å². The number of pyridine rings is 1. The number of benzene rings is 1. The van der Waals surface area contributed by atoms with Crippen LogP contribution in [-0.2, 0) is 16.3 Å². The van der Waals surface area contributed by atoms with Crippen molar-refractivity contribution in [1.82, 2.24) is 4.98 Å². The van der Waals surface area contributed by atoms with Crippen molar-refractivity contribution in [1.29, 1.82) is 0 Å². The number of aromatic nitrogens is 1. The molecule has 0 saturated carbocycles. The Labute approximate surface area is 113 Å². The molecule has 0 saturated heterocycles. The van der Waals surface area contributed by atoms with E-state index in [4.69, 9.17) is 5.73 Å². The Bertz CT molecular complexity index is 612. The Morgan fingerprint density at radius 1 is 1.05 bits per heavy atom. The highest BCUT2D eigenvalue weighted by Gasteiger charge is 2.26. The van der Waals surface area contributed by atoms with Crippen LogP contribution in [0, 0.1) is 0 Å². The lowest BCUT2D eigenvalue weighted by Gasteiger charge is -2.15. The lowest BCUT2D eigenvalue weighted by Crippen LogP contribution is -2.32. The predicted molar refractivity (Wildman–Crippen MR) is 74.4 cm³/mol. The van der Waals surface area contributed by atoms with Crippen molar-refractivity contribution in [2.45, 2.75) is 16.6 Å². The summed E-state index contributed by atoms with van der Waals surface area (Å²) >= 11 is 0. The highest BCUT2D eigenvalue weighted by Crippen LogP contribution is 2.17. The summed E-state index contributed by atoms with van der Waals surface area (Å²) in [4.78, 5) is 4.46. The Morgan fingerprint density at radius 2 is 1.74 bits per heavy atom. The molecule has 1 heterocycles. The van der Waals surface area contributed by atoms with Gasteiger partial charge in [0.2, 0.25) is 0 Å². The number of nitrogens with two attached hydrogens (primary N) is 1. The second kappa shape index (κ2) is 5.95. The molecular formula is C14H16N2O2S. The SMILES string of the molecule is NCC(Cc1ccccn1)S(=O)(=O)c1ccccc1. The van der Waals surface area contributed by atoms with Crippen LogP contribution in [0.2, 0.25) is 0 Å². The van der Waals surface area contributed by atoms with E-state index in [0.717, 1.165) is 5.69 Å². The van der Waals surface area contributed by atoms with E-state index in [1.807, 2.05) is 12.1 Å². The zero-order valence-electron chi connectivity index (χ0n) is 10.4. The van der Waals surface area contributed by atoms with Gasteiger partial charge in [0, 0.05) is 24.9 Å². The smallest absolute Gasteiger partial charge is 0.182 e. The van der Waals surface area contributed by atoms with Crippen molar-refractivity contribution in [3.8, 4) is 0 Å². The topological polar surface area (TPSA) is 73.0 Å². The molecule has 0 bridgehead atoms. The fourth-order valence-corrected chi connectivity index (χ4v) is 3.44. The number of rotatable bonds is 5. The molecule has 0 fully saturated rings. The highest BCUT2D eigenvalue weighted by molar-refractivity contribution is 7.92. The van der Waals surface area contributed by atoms with Crippen LogP contribution in [0.1, 0.15) is 5.69 Å². The summed E-state index contributed by atoms with van der Waals surface area (Å²) < 4.78 is 24.9. The van der Waals surface area contributed by atoms with E-state index in [0.29, 0.717) is 11.3 Å². The molecule has 19 heavy (non-hydrogen) atoms. The summed E-state index contributed by atoms with van der Waals surface area (Å²) in [5.41, 5.74) is 6.37. The molecule has 1 unspecified atom stereocenters. The molecule has 0 radical (unpaired) electrons. The molecule has 0 aliphatic rings. The molecule has 0 aliphatic heterocycles. The van der Waals surface area contributed by atoms with Gasteiger partial charge in [-0.3, -0.25) is 4.98 Å². The average Bonchev–Trinajstić information content (AvgIpc) is 2.46. The van der Waals surface area contributed by atoms with Crippen LogP contribution >= 0.6 is 0 Å². The third-order valence-electron chi connectivity index (χ3n) is 2.94. The van der Waals surface area contributed by atoms with Crippen molar-refractivity contribution >= 4 is 9.84 Å². The first-order valence-electron chi connectivity index (χ1n) is 6.03. The van der Waals surface area contributed by atoms with Gasteiger partial charge in [-0.1, -0.05) is 24.3 Å². The van der Waals surface area contributed by atoms with Crippen molar-refractivity contribution in [3.63, 3.8) is 0 Å². The molecule has 2 aromatic rings. The summed E-state index contributed by atoms with van der Waals surface area (Å²) in [5, 5.41) is -0.648. The van der Waals surface area contributed by atoms with Crippen LogP contribution < -0.4 is 5.73 Å². The summed E-state index contributed by atoms with van der Waals surface area (Å²) in [6.45, 7) is 0.0772. The predicted octanol–water partition coefficient (Wildman–Crippen LogP) is 1.43. The molecule has 1 aromatic heterocycles. The van der Waals surface area contributed by atoms with E-state index in [-0.39, 0.29) is 6.54 Å². The Balaban J connectivity index is 2.27. The standard InChI is InChI=1S/C14H16N2O2S/c15-11-14(10-12-6-4-5-9-16-12)19(17,18)13-7-2-1-3-8-13/h1-9,14H,10-11,15H2. The van der Waals surface area contributed by atoms with E-state index in [2.05, 4.69) is 4.98 Å². The molecule has 0 spiro atoms. The second-order valence-electron chi connectivity index (χ2n) is 4.24. The number of sulfone groups is 1. The molecule has 0 amide bonds. The van der Waals surface area contributed by atoms with E-state index >= 15 is 0 Å². The van der Waals surface area contributed by atoms with Gasteiger partial charge in [-0.05, 0) is 24.3 Å². The van der Waals surface area contributed by atoms with Gasteiger partial charge in [-0.25, -0.2) is 8.42 Å². The quantitative estimate of drug-likeness (QED) is 0.896. The maximum absolute atomic E-state index is 12.5. The number of nitrogens with zero attached hydrogens (tertiary/aromatic N) is 1. The minimum Gasteiger partial charge on any atom is -0.329 e. The van der Waals surface area contributed by atoms with Crippen molar-refractivity contribution in [2.24, 2.45) is 5.73 Å². The van der Waals surface area contributed by atoms with Gasteiger partial charge in [0.25, 0.3) is 0 Å². The molecule has 0 aliphatic carbocycles. The molecule has 4 nitrogen and oxygen atoms in total. The fourth-order valence-electron chi connectivity index (χ4n) is 1.87. The maximum Gasteiger partial charge on any atom is 0.182 e. The number of hydrogen-bond acceptors (Lipinski definition) is 4. The third-order valence-corrected chi connectivity index (χ3v) is 5.10.